The van der Waals surface area contributed by atoms with Crippen molar-refractivity contribution in [1.29, 1.82) is 0 Å². The van der Waals surface area contributed by atoms with Crippen LogP contribution in [0.3, 0.4) is 0 Å². The molecule has 5 rings (SSSR count). The number of carbonyl (C=O) groups excluding carboxylic acids is 2. The third kappa shape index (κ3) is 4.53. The first kappa shape index (κ1) is 22.1. The van der Waals surface area contributed by atoms with E-state index in [0.717, 1.165) is 23.3 Å². The SMILES string of the molecule is CCOc1cccc(-c2noc(C3CCC4C(=O)N(CCc5ccccc5)C(=O)NC4C3)n2)c1. The van der Waals surface area contributed by atoms with Crippen LogP contribution in [0.4, 0.5) is 4.79 Å². The fourth-order valence-electron chi connectivity index (χ4n) is 4.89. The van der Waals surface area contributed by atoms with Crippen LogP contribution in [0.5, 0.6) is 5.75 Å². The van der Waals surface area contributed by atoms with Gasteiger partial charge in [-0.05, 0) is 50.3 Å². The summed E-state index contributed by atoms with van der Waals surface area (Å²) in [7, 11) is 0. The minimum atomic E-state index is -0.318. The van der Waals surface area contributed by atoms with Crippen LogP contribution < -0.4 is 10.1 Å². The van der Waals surface area contributed by atoms with E-state index in [0.29, 0.717) is 44.1 Å². The first-order chi connectivity index (χ1) is 16.6. The molecule has 1 saturated heterocycles. The van der Waals surface area contributed by atoms with Crippen molar-refractivity contribution in [3.63, 3.8) is 0 Å². The van der Waals surface area contributed by atoms with Crippen LogP contribution in [0.2, 0.25) is 0 Å². The topological polar surface area (TPSA) is 97.6 Å². The van der Waals surface area contributed by atoms with Gasteiger partial charge in [-0.25, -0.2) is 4.79 Å². The number of hydrogen-bond acceptors (Lipinski definition) is 6. The Bertz CT molecular complexity index is 1160. The monoisotopic (exact) mass is 460 g/mol. The summed E-state index contributed by atoms with van der Waals surface area (Å²) < 4.78 is 11.1. The van der Waals surface area contributed by atoms with E-state index in [2.05, 4.69) is 15.5 Å². The highest BCUT2D eigenvalue weighted by molar-refractivity contribution is 5.98. The number of ether oxygens (including phenoxy) is 1. The molecule has 34 heavy (non-hydrogen) atoms. The number of carbonyl (C=O) groups is 2. The summed E-state index contributed by atoms with van der Waals surface area (Å²) in [5.41, 5.74) is 1.93. The van der Waals surface area contributed by atoms with Crippen molar-refractivity contribution in [2.24, 2.45) is 5.92 Å². The molecule has 8 nitrogen and oxygen atoms in total. The van der Waals surface area contributed by atoms with Crippen LogP contribution in [0.15, 0.2) is 59.1 Å². The fourth-order valence-corrected chi connectivity index (χ4v) is 4.89. The lowest BCUT2D eigenvalue weighted by atomic mass is 9.76. The van der Waals surface area contributed by atoms with E-state index in [1.165, 1.54) is 4.90 Å². The van der Waals surface area contributed by atoms with E-state index in [4.69, 9.17) is 9.26 Å². The van der Waals surface area contributed by atoms with E-state index < -0.39 is 0 Å². The second-order valence-electron chi connectivity index (χ2n) is 8.81. The van der Waals surface area contributed by atoms with Crippen molar-refractivity contribution < 1.29 is 18.8 Å². The average Bonchev–Trinajstić information content (AvgIpc) is 3.35. The second kappa shape index (κ2) is 9.67. The maximum Gasteiger partial charge on any atom is 0.324 e. The first-order valence-electron chi connectivity index (χ1n) is 11.8. The molecule has 1 aliphatic carbocycles. The van der Waals surface area contributed by atoms with Crippen molar-refractivity contribution >= 4 is 11.9 Å². The van der Waals surface area contributed by atoms with Gasteiger partial charge in [0.2, 0.25) is 17.6 Å². The van der Waals surface area contributed by atoms with Crippen molar-refractivity contribution in [1.82, 2.24) is 20.4 Å². The van der Waals surface area contributed by atoms with Crippen LogP contribution in [-0.4, -0.2) is 46.2 Å². The lowest BCUT2D eigenvalue weighted by Crippen LogP contribution is -2.61. The fraction of sp³-hybridized carbons (Fsp3) is 0.385. The van der Waals surface area contributed by atoms with Gasteiger partial charge in [0, 0.05) is 24.1 Å². The van der Waals surface area contributed by atoms with Gasteiger partial charge in [-0.15, -0.1) is 0 Å². The number of rotatable bonds is 7. The van der Waals surface area contributed by atoms with E-state index in [1.54, 1.807) is 0 Å². The third-order valence-electron chi connectivity index (χ3n) is 6.65. The highest BCUT2D eigenvalue weighted by Gasteiger charge is 2.45. The number of urea groups is 1. The summed E-state index contributed by atoms with van der Waals surface area (Å²) in [5, 5.41) is 7.21. The van der Waals surface area contributed by atoms with Gasteiger partial charge in [-0.3, -0.25) is 9.69 Å². The Kier molecular flexibility index (Phi) is 6.29. The highest BCUT2D eigenvalue weighted by atomic mass is 16.5. The van der Waals surface area contributed by atoms with Gasteiger partial charge in [-0.1, -0.05) is 47.6 Å². The minimum absolute atomic E-state index is 0.00143. The van der Waals surface area contributed by atoms with Crippen LogP contribution in [0, 0.1) is 5.92 Å². The molecule has 1 aromatic heterocycles. The minimum Gasteiger partial charge on any atom is -0.494 e. The van der Waals surface area contributed by atoms with Gasteiger partial charge in [0.05, 0.1) is 12.5 Å². The molecule has 1 N–H and O–H groups in total. The normalized spacial score (nSPS) is 22.3. The van der Waals surface area contributed by atoms with E-state index in [1.807, 2.05) is 61.5 Å². The Morgan fingerprint density at radius 2 is 1.97 bits per heavy atom. The number of hydrogen-bond donors (Lipinski definition) is 1. The molecular weight excluding hydrogens is 432 g/mol. The number of benzene rings is 2. The van der Waals surface area contributed by atoms with Gasteiger partial charge in [0.15, 0.2) is 0 Å². The summed E-state index contributed by atoms with van der Waals surface area (Å²) >= 11 is 0. The lowest BCUT2D eigenvalue weighted by molar-refractivity contribution is -0.136. The van der Waals surface area contributed by atoms with Crippen LogP contribution >= 0.6 is 0 Å². The number of nitrogens with one attached hydrogen (secondary N) is 1. The zero-order valence-corrected chi connectivity index (χ0v) is 19.1. The maximum absolute atomic E-state index is 13.1. The Balaban J connectivity index is 1.24. The zero-order valence-electron chi connectivity index (χ0n) is 19.1. The zero-order chi connectivity index (χ0) is 23.5. The average molecular weight is 461 g/mol. The van der Waals surface area contributed by atoms with Crippen molar-refractivity contribution in [2.75, 3.05) is 13.2 Å². The standard InChI is InChI=1S/C26H28N4O4/c1-2-33-20-10-6-9-18(15-20)23-28-24(34-29-23)19-11-12-21-22(16-19)27-26(32)30(25(21)31)14-13-17-7-4-3-5-8-17/h3-10,15,19,21-22H,2,11-14,16H2,1H3,(H,27,32). The Labute approximate surface area is 198 Å². The van der Waals surface area contributed by atoms with Gasteiger partial charge in [0.1, 0.15) is 5.75 Å². The quantitative estimate of drug-likeness (QED) is 0.568. The van der Waals surface area contributed by atoms with Gasteiger partial charge in [-0.2, -0.15) is 4.98 Å². The molecule has 1 saturated carbocycles. The molecule has 3 amide bonds. The first-order valence-corrected chi connectivity index (χ1v) is 11.8. The molecule has 8 heteroatoms. The molecule has 176 valence electrons. The van der Waals surface area contributed by atoms with Crippen molar-refractivity contribution in [3.05, 3.63) is 66.1 Å². The van der Waals surface area contributed by atoms with Gasteiger partial charge in [0.25, 0.3) is 0 Å². The largest absolute Gasteiger partial charge is 0.494 e. The molecule has 0 radical (unpaired) electrons. The molecule has 3 atom stereocenters. The molecule has 1 aliphatic heterocycles. The predicted molar refractivity (Wildman–Crippen MR) is 125 cm³/mol. The summed E-state index contributed by atoms with van der Waals surface area (Å²) in [6.45, 7) is 2.90. The van der Waals surface area contributed by atoms with E-state index in [-0.39, 0.29) is 29.8 Å². The molecular formula is C26H28N4O4. The molecule has 3 aromatic rings. The third-order valence-corrected chi connectivity index (χ3v) is 6.65. The molecule has 2 aliphatic rings. The number of imide groups is 1. The second-order valence-corrected chi connectivity index (χ2v) is 8.81. The number of fused-ring (bicyclic) bond motifs is 1. The van der Waals surface area contributed by atoms with Crippen LogP contribution in [0.25, 0.3) is 11.4 Å². The molecule has 2 aromatic carbocycles. The molecule has 2 fully saturated rings. The summed E-state index contributed by atoms with van der Waals surface area (Å²) in [6.07, 6.45) is 2.69. The van der Waals surface area contributed by atoms with Crippen LogP contribution in [-0.2, 0) is 11.2 Å². The van der Waals surface area contributed by atoms with Crippen molar-refractivity contribution in [2.45, 2.75) is 44.6 Å². The molecule has 2 heterocycles. The molecule has 0 bridgehead atoms. The van der Waals surface area contributed by atoms with Crippen LogP contribution in [0.1, 0.15) is 43.6 Å². The van der Waals surface area contributed by atoms with E-state index >= 15 is 0 Å². The van der Waals surface area contributed by atoms with Gasteiger partial charge >= 0.3 is 6.03 Å². The molecule has 0 spiro atoms. The van der Waals surface area contributed by atoms with Crippen molar-refractivity contribution in [3.8, 4) is 17.1 Å². The maximum atomic E-state index is 13.1. The summed E-state index contributed by atoms with van der Waals surface area (Å²) in [6, 6.07) is 16.9. The van der Waals surface area contributed by atoms with Gasteiger partial charge < -0.3 is 14.6 Å². The summed E-state index contributed by atoms with van der Waals surface area (Å²) in [5.74, 6) is 1.52. The molecule has 3 unspecified atom stereocenters. The number of amides is 3. The van der Waals surface area contributed by atoms with E-state index in [9.17, 15) is 9.59 Å². The lowest BCUT2D eigenvalue weighted by Gasteiger charge is -2.41. The summed E-state index contributed by atoms with van der Waals surface area (Å²) in [4.78, 5) is 31.8. The number of nitrogens with zero attached hydrogens (tertiary/aromatic N) is 3. The predicted octanol–water partition coefficient (Wildman–Crippen LogP) is 4.18. The number of aromatic nitrogens is 2. The highest BCUT2D eigenvalue weighted by Crippen LogP contribution is 2.38. The Morgan fingerprint density at radius 1 is 1.12 bits per heavy atom. The smallest absolute Gasteiger partial charge is 0.324 e. The Morgan fingerprint density at radius 3 is 2.79 bits per heavy atom. The Hall–Kier alpha value is -3.68.